The highest BCUT2D eigenvalue weighted by atomic mass is 32.1. The molecule has 1 aliphatic rings. The molecule has 274 valence electrons. The van der Waals surface area contributed by atoms with E-state index in [9.17, 15) is 14.9 Å². The fourth-order valence-electron chi connectivity index (χ4n) is 7.39. The van der Waals surface area contributed by atoms with E-state index >= 15 is 0 Å². The molecule has 0 radical (unpaired) electrons. The van der Waals surface area contributed by atoms with E-state index in [0.717, 1.165) is 41.3 Å². The van der Waals surface area contributed by atoms with Crippen molar-refractivity contribution in [3.8, 4) is 16.5 Å². The van der Waals surface area contributed by atoms with Crippen molar-refractivity contribution < 1.29 is 9.59 Å². The Bertz CT molecular complexity index is 2350. The summed E-state index contributed by atoms with van der Waals surface area (Å²) < 4.78 is 4.95. The smallest absolute Gasteiger partial charge is 0.271 e. The maximum atomic E-state index is 13.7. The van der Waals surface area contributed by atoms with Crippen LogP contribution in [0, 0.1) is 17.2 Å². The van der Waals surface area contributed by atoms with Crippen molar-refractivity contribution in [3.05, 3.63) is 119 Å². The number of thiophene rings is 2. The van der Waals surface area contributed by atoms with Crippen LogP contribution >= 0.6 is 22.7 Å². The van der Waals surface area contributed by atoms with E-state index in [4.69, 9.17) is 0 Å². The Hall–Kier alpha value is -5.23. The number of fused-ring (bicyclic) bond motifs is 3. The second-order valence-electron chi connectivity index (χ2n) is 14.1. The van der Waals surface area contributed by atoms with Crippen molar-refractivity contribution in [2.45, 2.75) is 72.8 Å². The SMILES string of the molecule is CCCCC(CC)Cn1c2cc(/C=C3\C(=O)N(CCCC)C(=O)C(C#N)=C3C)sc2c2sc(-c3ccc(N(c4ccccc4)c4ccccc4)cc3)cc21. The molecule has 0 aliphatic carbocycles. The molecule has 4 heterocycles. The molecule has 2 amide bonds. The Morgan fingerprint density at radius 2 is 1.39 bits per heavy atom. The first kappa shape index (κ1) is 37.1. The molecule has 8 heteroatoms. The van der Waals surface area contributed by atoms with Gasteiger partial charge in [-0.25, -0.2) is 0 Å². The third-order valence-corrected chi connectivity index (χ3v) is 12.9. The fourth-order valence-corrected chi connectivity index (χ4v) is 9.81. The summed E-state index contributed by atoms with van der Waals surface area (Å²) in [7, 11) is 0. The van der Waals surface area contributed by atoms with E-state index < -0.39 is 5.91 Å². The maximum absolute atomic E-state index is 13.7. The molecule has 0 saturated carbocycles. The number of benzene rings is 3. The highest BCUT2D eigenvalue weighted by Gasteiger charge is 2.35. The Labute approximate surface area is 326 Å². The summed E-state index contributed by atoms with van der Waals surface area (Å²) in [5.41, 5.74) is 7.84. The van der Waals surface area contributed by atoms with E-state index in [1.54, 1.807) is 18.3 Å². The normalized spacial score (nSPS) is 14.8. The molecule has 1 atom stereocenters. The molecule has 1 aliphatic heterocycles. The van der Waals surface area contributed by atoms with Gasteiger partial charge in [0.25, 0.3) is 11.8 Å². The minimum atomic E-state index is -0.486. The lowest BCUT2D eigenvalue weighted by molar-refractivity contribution is -0.140. The summed E-state index contributed by atoms with van der Waals surface area (Å²) in [6, 6.07) is 36.4. The summed E-state index contributed by atoms with van der Waals surface area (Å²) >= 11 is 3.50. The fraction of sp³-hybridized carbons (Fsp3) is 0.283. The summed E-state index contributed by atoms with van der Waals surface area (Å²) in [6.07, 6.45) is 8.12. The molecule has 0 N–H and O–H groups in total. The number of unbranched alkanes of at least 4 members (excludes halogenated alkanes) is 2. The van der Waals surface area contributed by atoms with Crippen LogP contribution in [0.4, 0.5) is 17.1 Å². The summed E-state index contributed by atoms with van der Waals surface area (Å²) in [6.45, 7) is 9.53. The minimum absolute atomic E-state index is 0.0521. The molecule has 0 fully saturated rings. The highest BCUT2D eigenvalue weighted by Crippen LogP contribution is 2.45. The van der Waals surface area contributed by atoms with E-state index in [-0.39, 0.29) is 11.5 Å². The third kappa shape index (κ3) is 7.19. The van der Waals surface area contributed by atoms with Crippen molar-refractivity contribution in [2.75, 3.05) is 11.4 Å². The quantitative estimate of drug-likeness (QED) is 0.0821. The highest BCUT2D eigenvalue weighted by molar-refractivity contribution is 7.29. The van der Waals surface area contributed by atoms with Gasteiger partial charge in [0.05, 0.1) is 20.4 Å². The molecule has 3 aromatic heterocycles. The van der Waals surface area contributed by atoms with Crippen molar-refractivity contribution in [2.24, 2.45) is 5.92 Å². The largest absolute Gasteiger partial charge is 0.339 e. The van der Waals surface area contributed by atoms with Gasteiger partial charge in [-0.1, -0.05) is 95.0 Å². The van der Waals surface area contributed by atoms with Gasteiger partial charge >= 0.3 is 0 Å². The summed E-state index contributed by atoms with van der Waals surface area (Å²) in [4.78, 5) is 32.5. The number of amides is 2. The van der Waals surface area contributed by atoms with Crippen LogP contribution in [0.25, 0.3) is 36.9 Å². The first-order valence-corrected chi connectivity index (χ1v) is 20.7. The second kappa shape index (κ2) is 16.4. The zero-order chi connectivity index (χ0) is 37.8. The Balaban J connectivity index is 1.30. The van der Waals surface area contributed by atoms with E-state index in [2.05, 4.69) is 114 Å². The van der Waals surface area contributed by atoms with Crippen LogP contribution in [0.5, 0.6) is 0 Å². The Morgan fingerprint density at radius 3 is 2.00 bits per heavy atom. The zero-order valence-corrected chi connectivity index (χ0v) is 33.1. The number of nitriles is 1. The monoisotopic (exact) mass is 750 g/mol. The average Bonchev–Trinajstić information content (AvgIpc) is 3.89. The summed E-state index contributed by atoms with van der Waals surface area (Å²) in [5, 5.41) is 9.90. The Morgan fingerprint density at radius 1 is 0.778 bits per heavy atom. The first-order chi connectivity index (χ1) is 26.4. The number of rotatable bonds is 14. The number of nitrogens with zero attached hydrogens (tertiary/aromatic N) is 4. The molecule has 7 rings (SSSR count). The van der Waals surface area contributed by atoms with Gasteiger partial charge in [0.15, 0.2) is 0 Å². The topological polar surface area (TPSA) is 69.3 Å². The van der Waals surface area contributed by atoms with Gasteiger partial charge in [0, 0.05) is 45.5 Å². The van der Waals surface area contributed by atoms with Crippen molar-refractivity contribution in [1.29, 1.82) is 5.26 Å². The number of aromatic nitrogens is 1. The maximum Gasteiger partial charge on any atom is 0.271 e. The van der Waals surface area contributed by atoms with Gasteiger partial charge in [-0.15, -0.1) is 22.7 Å². The van der Waals surface area contributed by atoms with Crippen LogP contribution in [-0.2, 0) is 16.1 Å². The summed E-state index contributed by atoms with van der Waals surface area (Å²) in [5.74, 6) is -0.252. The molecular formula is C46H46N4O2S2. The third-order valence-electron chi connectivity index (χ3n) is 10.5. The van der Waals surface area contributed by atoms with Gasteiger partial charge < -0.3 is 9.47 Å². The molecule has 3 aromatic carbocycles. The average molecular weight is 751 g/mol. The van der Waals surface area contributed by atoms with Crippen LogP contribution in [0.3, 0.4) is 0 Å². The number of hydrogen-bond donors (Lipinski definition) is 0. The predicted octanol–water partition coefficient (Wildman–Crippen LogP) is 12.7. The second-order valence-corrected chi connectivity index (χ2v) is 16.2. The zero-order valence-electron chi connectivity index (χ0n) is 31.5. The Kier molecular flexibility index (Phi) is 11.3. The van der Waals surface area contributed by atoms with Crippen molar-refractivity contribution in [3.63, 3.8) is 0 Å². The lowest BCUT2D eigenvalue weighted by Crippen LogP contribution is -2.43. The van der Waals surface area contributed by atoms with Gasteiger partial charge in [-0.05, 0) is 91.4 Å². The van der Waals surface area contributed by atoms with Crippen LogP contribution in [0.15, 0.2) is 114 Å². The van der Waals surface area contributed by atoms with Crippen LogP contribution in [0.1, 0.15) is 71.1 Å². The predicted molar refractivity (Wildman–Crippen MR) is 227 cm³/mol. The lowest BCUT2D eigenvalue weighted by Gasteiger charge is -2.27. The van der Waals surface area contributed by atoms with Gasteiger partial charge in [0.1, 0.15) is 11.6 Å². The van der Waals surface area contributed by atoms with Gasteiger partial charge in [-0.3, -0.25) is 14.5 Å². The van der Waals surface area contributed by atoms with Gasteiger partial charge in [0.2, 0.25) is 0 Å². The molecule has 54 heavy (non-hydrogen) atoms. The van der Waals surface area contributed by atoms with Crippen LogP contribution in [0.2, 0.25) is 0 Å². The number of para-hydroxylation sites is 2. The number of anilines is 3. The first-order valence-electron chi connectivity index (χ1n) is 19.1. The van der Waals surface area contributed by atoms with Crippen LogP contribution in [-0.4, -0.2) is 27.8 Å². The molecule has 0 spiro atoms. The molecule has 1 unspecified atom stereocenters. The lowest BCUT2D eigenvalue weighted by atomic mass is 9.94. The molecule has 6 aromatic rings. The molecule has 0 saturated heterocycles. The molecular weight excluding hydrogens is 705 g/mol. The van der Waals surface area contributed by atoms with E-state index in [0.29, 0.717) is 30.0 Å². The van der Waals surface area contributed by atoms with E-state index in [1.807, 2.05) is 36.5 Å². The number of carbonyl (C=O) groups excluding carboxylic acids is 2. The van der Waals surface area contributed by atoms with Crippen LogP contribution < -0.4 is 4.90 Å². The van der Waals surface area contributed by atoms with E-state index in [1.165, 1.54) is 55.0 Å². The number of carbonyl (C=O) groups is 2. The number of imide groups is 1. The van der Waals surface area contributed by atoms with Gasteiger partial charge in [-0.2, -0.15) is 5.26 Å². The molecule has 0 bridgehead atoms. The molecule has 6 nitrogen and oxygen atoms in total. The van der Waals surface area contributed by atoms with Crippen molar-refractivity contribution in [1.82, 2.24) is 9.47 Å². The van der Waals surface area contributed by atoms with Crippen molar-refractivity contribution >= 4 is 78.1 Å². The number of hydrogen-bond acceptors (Lipinski definition) is 6. The standard InChI is InChI=1S/C46H46N4O2S2/c1-5-8-16-32(7-3)30-49-40-27-37(26-38-31(4)39(29-47)46(52)48(45(38)51)25-9-6-2)53-43(40)44-41(49)28-42(54-44)33-21-23-36(24-22-33)50(34-17-12-10-13-18-34)35-19-14-11-15-20-35/h10-15,17-24,26-28,32H,5-9,16,25,30H2,1-4H3/b38-26-. The minimum Gasteiger partial charge on any atom is -0.339 e.